The highest BCUT2D eigenvalue weighted by Crippen LogP contribution is 2.38. The lowest BCUT2D eigenvalue weighted by Crippen LogP contribution is -2.27. The number of ketones is 2. The van der Waals surface area contributed by atoms with Crippen molar-refractivity contribution in [1.82, 2.24) is 10.3 Å². The second kappa shape index (κ2) is 10.2. The molecule has 1 amide bonds. The Hall–Kier alpha value is -2.83. The van der Waals surface area contributed by atoms with Crippen LogP contribution in [-0.2, 0) is 20.9 Å². The van der Waals surface area contributed by atoms with Gasteiger partial charge in [-0.15, -0.1) is 0 Å². The van der Waals surface area contributed by atoms with Crippen molar-refractivity contribution in [2.75, 3.05) is 0 Å². The van der Waals surface area contributed by atoms with Crippen molar-refractivity contribution < 1.29 is 14.4 Å². The molecule has 1 aliphatic carbocycles. The third-order valence-electron chi connectivity index (χ3n) is 6.17. The first-order valence-electron chi connectivity index (χ1n) is 11.0. The zero-order valence-corrected chi connectivity index (χ0v) is 21.2. The van der Waals surface area contributed by atoms with Gasteiger partial charge < -0.3 is 5.32 Å². The number of halogens is 2. The third kappa shape index (κ3) is 5.29. The average molecular weight is 540 g/mol. The number of hydrogen-bond acceptors (Lipinski definition) is 4. The van der Waals surface area contributed by atoms with E-state index in [-0.39, 0.29) is 30.3 Å². The van der Waals surface area contributed by atoms with Crippen LogP contribution in [0, 0.1) is 19.8 Å². The zero-order chi connectivity index (χ0) is 24.4. The minimum absolute atomic E-state index is 0.0138. The van der Waals surface area contributed by atoms with Gasteiger partial charge in [0.2, 0.25) is 5.91 Å². The Labute approximate surface area is 212 Å². The molecule has 1 N–H and O–H groups in total. The number of nitrogens with zero attached hydrogens (tertiary/aromatic N) is 1. The monoisotopic (exact) mass is 538 g/mol. The van der Waals surface area contributed by atoms with Crippen LogP contribution in [0.5, 0.6) is 0 Å². The van der Waals surface area contributed by atoms with Crippen molar-refractivity contribution in [2.24, 2.45) is 5.92 Å². The highest BCUT2D eigenvalue weighted by molar-refractivity contribution is 9.10. The van der Waals surface area contributed by atoms with Crippen LogP contribution in [0.3, 0.4) is 0 Å². The van der Waals surface area contributed by atoms with Crippen LogP contribution in [0.4, 0.5) is 0 Å². The standard InChI is InChI=1S/C27H24BrClN2O3/c1-15-8-18(22-7-6-21(29)14-30-22)9-16(2)25(15)26-23(32)11-19(27(26)34)12-24(33)31-13-17-4-3-5-20(28)10-17/h3-10,14,19,26H,11-13H2,1-2H3,(H,31,33). The van der Waals surface area contributed by atoms with Gasteiger partial charge in [-0.3, -0.25) is 19.4 Å². The highest BCUT2D eigenvalue weighted by atomic mass is 79.9. The minimum Gasteiger partial charge on any atom is -0.352 e. The van der Waals surface area contributed by atoms with E-state index in [1.54, 1.807) is 12.3 Å². The second-order valence-electron chi connectivity index (χ2n) is 8.70. The molecule has 1 fully saturated rings. The van der Waals surface area contributed by atoms with Gasteiger partial charge in [-0.1, -0.05) is 39.7 Å². The molecule has 3 aromatic rings. The summed E-state index contributed by atoms with van der Waals surface area (Å²) in [6.07, 6.45) is 1.69. The Balaban J connectivity index is 1.48. The lowest BCUT2D eigenvalue weighted by molar-refractivity contribution is -0.128. The molecular formula is C27H24BrClN2O3. The van der Waals surface area contributed by atoms with Crippen LogP contribution in [-0.4, -0.2) is 22.5 Å². The Morgan fingerprint density at radius 1 is 1.12 bits per heavy atom. The molecule has 34 heavy (non-hydrogen) atoms. The van der Waals surface area contributed by atoms with E-state index in [0.717, 1.165) is 38.0 Å². The van der Waals surface area contributed by atoms with Gasteiger partial charge >= 0.3 is 0 Å². The first-order valence-corrected chi connectivity index (χ1v) is 12.2. The van der Waals surface area contributed by atoms with E-state index in [1.807, 2.05) is 56.3 Å². The number of hydrogen-bond donors (Lipinski definition) is 1. The third-order valence-corrected chi connectivity index (χ3v) is 6.89. The Morgan fingerprint density at radius 3 is 2.50 bits per heavy atom. The number of benzene rings is 2. The molecule has 1 saturated carbocycles. The molecule has 2 atom stereocenters. The summed E-state index contributed by atoms with van der Waals surface area (Å²) in [6, 6.07) is 15.2. The summed E-state index contributed by atoms with van der Waals surface area (Å²) in [5.74, 6) is -1.96. The van der Waals surface area contributed by atoms with Crippen LogP contribution >= 0.6 is 27.5 Å². The molecule has 1 heterocycles. The second-order valence-corrected chi connectivity index (χ2v) is 10.1. The summed E-state index contributed by atoms with van der Waals surface area (Å²) >= 11 is 9.36. The molecule has 7 heteroatoms. The predicted molar refractivity (Wildman–Crippen MR) is 136 cm³/mol. The van der Waals surface area contributed by atoms with Gasteiger partial charge in [0.15, 0.2) is 5.78 Å². The number of pyridine rings is 1. The van der Waals surface area contributed by atoms with Crippen molar-refractivity contribution in [3.8, 4) is 11.3 Å². The maximum Gasteiger partial charge on any atom is 0.221 e. The molecule has 4 rings (SSSR count). The SMILES string of the molecule is Cc1cc(-c2ccc(Cl)cn2)cc(C)c1C1C(=O)CC(CC(=O)NCc2cccc(Br)c2)C1=O. The van der Waals surface area contributed by atoms with Crippen molar-refractivity contribution >= 4 is 45.0 Å². The summed E-state index contributed by atoms with van der Waals surface area (Å²) in [4.78, 5) is 43.0. The largest absolute Gasteiger partial charge is 0.352 e. The summed E-state index contributed by atoms with van der Waals surface area (Å²) in [5, 5.41) is 3.41. The molecule has 0 radical (unpaired) electrons. The zero-order valence-electron chi connectivity index (χ0n) is 18.9. The van der Waals surface area contributed by atoms with Crippen molar-refractivity contribution in [1.29, 1.82) is 0 Å². The Kier molecular flexibility index (Phi) is 7.29. The molecule has 0 spiro atoms. The lowest BCUT2D eigenvalue weighted by Gasteiger charge is -2.17. The maximum atomic E-state index is 13.2. The first kappa shape index (κ1) is 24.3. The smallest absolute Gasteiger partial charge is 0.221 e. The van der Waals surface area contributed by atoms with Gasteiger partial charge in [0.25, 0.3) is 0 Å². The Morgan fingerprint density at radius 2 is 1.85 bits per heavy atom. The number of carbonyl (C=O) groups excluding carboxylic acids is 3. The molecular weight excluding hydrogens is 516 g/mol. The van der Waals surface area contributed by atoms with E-state index in [4.69, 9.17) is 11.6 Å². The molecule has 2 aromatic carbocycles. The van der Waals surface area contributed by atoms with E-state index in [2.05, 4.69) is 26.2 Å². The van der Waals surface area contributed by atoms with Crippen molar-refractivity contribution in [2.45, 2.75) is 39.2 Å². The van der Waals surface area contributed by atoms with E-state index >= 15 is 0 Å². The van der Waals surface area contributed by atoms with Crippen LogP contribution in [0.1, 0.15) is 41.0 Å². The summed E-state index contributed by atoms with van der Waals surface area (Å²) in [7, 11) is 0. The maximum absolute atomic E-state index is 13.2. The van der Waals surface area contributed by atoms with Crippen LogP contribution < -0.4 is 5.32 Å². The molecule has 1 aliphatic rings. The number of amides is 1. The Bertz CT molecular complexity index is 1250. The van der Waals surface area contributed by atoms with Gasteiger partial charge in [0.05, 0.1) is 10.7 Å². The van der Waals surface area contributed by atoms with E-state index in [0.29, 0.717) is 11.6 Å². The number of aromatic nitrogens is 1. The summed E-state index contributed by atoms with van der Waals surface area (Å²) < 4.78 is 0.933. The molecule has 0 bridgehead atoms. The number of carbonyl (C=O) groups is 3. The van der Waals surface area contributed by atoms with Crippen LogP contribution in [0.25, 0.3) is 11.3 Å². The van der Waals surface area contributed by atoms with E-state index in [1.165, 1.54) is 0 Å². The van der Waals surface area contributed by atoms with Gasteiger partial charge in [-0.25, -0.2) is 0 Å². The number of nitrogens with one attached hydrogen (secondary N) is 1. The van der Waals surface area contributed by atoms with Crippen molar-refractivity contribution in [3.63, 3.8) is 0 Å². The molecule has 0 aliphatic heterocycles. The quantitative estimate of drug-likeness (QED) is 0.406. The first-order chi connectivity index (χ1) is 16.2. The number of aryl methyl sites for hydroxylation is 2. The topological polar surface area (TPSA) is 76.1 Å². The normalized spacial score (nSPS) is 17.8. The average Bonchev–Trinajstić information content (AvgIpc) is 3.05. The van der Waals surface area contributed by atoms with Gasteiger partial charge in [-0.05, 0) is 72.5 Å². The fraction of sp³-hybridized carbons (Fsp3) is 0.259. The number of rotatable bonds is 6. The van der Waals surface area contributed by atoms with E-state index in [9.17, 15) is 14.4 Å². The predicted octanol–water partition coefficient (Wildman–Crippen LogP) is 5.73. The summed E-state index contributed by atoms with van der Waals surface area (Å²) in [5.41, 5.74) is 5.08. The molecule has 1 aromatic heterocycles. The fourth-order valence-electron chi connectivity index (χ4n) is 4.60. The minimum atomic E-state index is -0.824. The van der Waals surface area contributed by atoms with Gasteiger partial charge in [-0.2, -0.15) is 0 Å². The van der Waals surface area contributed by atoms with Crippen LogP contribution in [0.15, 0.2) is 59.2 Å². The molecule has 5 nitrogen and oxygen atoms in total. The van der Waals surface area contributed by atoms with Crippen molar-refractivity contribution in [3.05, 3.63) is 86.5 Å². The molecule has 2 unspecified atom stereocenters. The van der Waals surface area contributed by atoms with Crippen LogP contribution in [0.2, 0.25) is 5.02 Å². The molecule has 174 valence electrons. The summed E-state index contributed by atoms with van der Waals surface area (Å²) in [6.45, 7) is 4.18. The fourth-order valence-corrected chi connectivity index (χ4v) is 5.16. The van der Waals surface area contributed by atoms with Gasteiger partial charge in [0.1, 0.15) is 11.7 Å². The molecule has 0 saturated heterocycles. The lowest BCUT2D eigenvalue weighted by atomic mass is 9.85. The number of Topliss-reactive ketones (excluding diaryl/α,β-unsaturated/α-hetero) is 2. The highest BCUT2D eigenvalue weighted by Gasteiger charge is 2.43. The van der Waals surface area contributed by atoms with Gasteiger partial charge in [0, 0.05) is 41.5 Å². The van der Waals surface area contributed by atoms with E-state index < -0.39 is 11.8 Å².